The quantitative estimate of drug-likeness (QED) is 0.234. The fourth-order valence-corrected chi connectivity index (χ4v) is 3.08. The normalized spacial score (nSPS) is 12.4. The van der Waals surface area contributed by atoms with Gasteiger partial charge < -0.3 is 24.8 Å². The van der Waals surface area contributed by atoms with Crippen molar-refractivity contribution in [1.82, 2.24) is 10.6 Å². The molecule has 1 amide bonds. The van der Waals surface area contributed by atoms with E-state index in [1.807, 2.05) is 0 Å². The number of amides is 1. The molecule has 1 atom stereocenters. The van der Waals surface area contributed by atoms with E-state index >= 15 is 0 Å². The van der Waals surface area contributed by atoms with Crippen LogP contribution in [0.4, 0.5) is 0 Å². The first-order valence-electron chi connectivity index (χ1n) is 12.4. The van der Waals surface area contributed by atoms with Gasteiger partial charge in [0.25, 0.3) is 0 Å². The number of unbranched alkanes of at least 4 members (excludes halogenated alkanes) is 5. The van der Waals surface area contributed by atoms with E-state index in [-0.39, 0.29) is 5.91 Å². The molecule has 30 heavy (non-hydrogen) atoms. The third-order valence-electron chi connectivity index (χ3n) is 5.38. The largest absolute Gasteiger partial charge is 0.379 e. The second kappa shape index (κ2) is 23.0. The Labute approximate surface area is 186 Å². The lowest BCUT2D eigenvalue weighted by Crippen LogP contribution is -2.31. The first kappa shape index (κ1) is 29.3. The van der Waals surface area contributed by atoms with Gasteiger partial charge in [0.1, 0.15) is 0 Å². The maximum atomic E-state index is 11.8. The number of rotatable bonds is 23. The highest BCUT2D eigenvalue weighted by atomic mass is 16.5. The average molecular weight is 431 g/mol. The first-order valence-corrected chi connectivity index (χ1v) is 12.4. The molecule has 6 heteroatoms. The Kier molecular flexibility index (Phi) is 22.5. The van der Waals surface area contributed by atoms with Gasteiger partial charge in [0.2, 0.25) is 5.91 Å². The number of carbonyl (C=O) groups excluding carboxylic acids is 1. The summed E-state index contributed by atoms with van der Waals surface area (Å²) >= 11 is 0. The summed E-state index contributed by atoms with van der Waals surface area (Å²) in [4.78, 5) is 11.8. The van der Waals surface area contributed by atoms with E-state index in [1.54, 1.807) is 0 Å². The molecule has 1 unspecified atom stereocenters. The standard InChI is InChI=1S/C24H50N2O4/c1-5-22(4)30-17-13-11-9-8-10-12-14-24(27)26-16-19-29-21-20-28-18-15-25-23(6-2)7-3/h22-23,25H,5-21H2,1-4H3,(H,26,27). The van der Waals surface area contributed by atoms with Gasteiger partial charge in [-0.15, -0.1) is 0 Å². The minimum atomic E-state index is 0.129. The summed E-state index contributed by atoms with van der Waals surface area (Å²) in [5, 5.41) is 6.39. The van der Waals surface area contributed by atoms with Crippen molar-refractivity contribution in [2.45, 2.75) is 104 Å². The zero-order valence-corrected chi connectivity index (χ0v) is 20.3. The first-order chi connectivity index (χ1) is 14.6. The molecular weight excluding hydrogens is 380 g/mol. The average Bonchev–Trinajstić information content (AvgIpc) is 2.76. The Morgan fingerprint density at radius 1 is 0.733 bits per heavy atom. The van der Waals surface area contributed by atoms with E-state index in [9.17, 15) is 4.79 Å². The van der Waals surface area contributed by atoms with Crippen molar-refractivity contribution in [3.05, 3.63) is 0 Å². The van der Waals surface area contributed by atoms with Crippen LogP contribution in [0.25, 0.3) is 0 Å². The minimum absolute atomic E-state index is 0.129. The van der Waals surface area contributed by atoms with Gasteiger partial charge in [0.05, 0.1) is 32.5 Å². The second-order valence-corrected chi connectivity index (χ2v) is 8.00. The van der Waals surface area contributed by atoms with Crippen LogP contribution in [0.3, 0.4) is 0 Å². The summed E-state index contributed by atoms with van der Waals surface area (Å²) in [7, 11) is 0. The Bertz CT molecular complexity index is 365. The molecule has 0 aromatic carbocycles. The molecule has 0 aliphatic carbocycles. The van der Waals surface area contributed by atoms with Crippen molar-refractivity contribution < 1.29 is 19.0 Å². The lowest BCUT2D eigenvalue weighted by molar-refractivity contribution is -0.121. The molecule has 0 aliphatic heterocycles. The summed E-state index contributed by atoms with van der Waals surface area (Å²) in [5.41, 5.74) is 0. The highest BCUT2D eigenvalue weighted by molar-refractivity contribution is 5.75. The zero-order chi connectivity index (χ0) is 22.3. The lowest BCUT2D eigenvalue weighted by Gasteiger charge is -2.14. The van der Waals surface area contributed by atoms with Gasteiger partial charge in [-0.2, -0.15) is 0 Å². The van der Waals surface area contributed by atoms with Crippen LogP contribution in [0.5, 0.6) is 0 Å². The van der Waals surface area contributed by atoms with Gasteiger partial charge in [-0.3, -0.25) is 4.79 Å². The van der Waals surface area contributed by atoms with Gasteiger partial charge in [-0.1, -0.05) is 46.5 Å². The van der Waals surface area contributed by atoms with E-state index in [4.69, 9.17) is 14.2 Å². The molecule has 0 radical (unpaired) electrons. The van der Waals surface area contributed by atoms with E-state index in [2.05, 4.69) is 38.3 Å². The van der Waals surface area contributed by atoms with Crippen LogP contribution in [0.1, 0.15) is 91.9 Å². The highest BCUT2D eigenvalue weighted by Gasteiger charge is 2.02. The van der Waals surface area contributed by atoms with Gasteiger partial charge >= 0.3 is 0 Å². The van der Waals surface area contributed by atoms with Gasteiger partial charge in [0.15, 0.2) is 0 Å². The summed E-state index contributed by atoms with van der Waals surface area (Å²) in [6.45, 7) is 13.4. The minimum Gasteiger partial charge on any atom is -0.379 e. The van der Waals surface area contributed by atoms with Crippen LogP contribution in [0, 0.1) is 0 Å². The SMILES string of the molecule is CCC(CC)NCCOCCOCCNC(=O)CCCCCCCCOC(C)CC. The Hall–Kier alpha value is -0.690. The van der Waals surface area contributed by atoms with Crippen molar-refractivity contribution in [2.24, 2.45) is 0 Å². The van der Waals surface area contributed by atoms with Crippen LogP contribution in [-0.4, -0.2) is 64.2 Å². The molecule has 0 aromatic heterocycles. The number of carbonyl (C=O) groups is 1. The number of hydrogen-bond acceptors (Lipinski definition) is 5. The molecule has 0 rings (SSSR count). The summed E-state index contributed by atoms with van der Waals surface area (Å²) in [6.07, 6.45) is 11.3. The highest BCUT2D eigenvalue weighted by Crippen LogP contribution is 2.08. The van der Waals surface area contributed by atoms with Crippen LogP contribution in [-0.2, 0) is 19.0 Å². The molecule has 0 bridgehead atoms. The van der Waals surface area contributed by atoms with Crippen LogP contribution in [0.15, 0.2) is 0 Å². The summed E-state index contributed by atoms with van der Waals surface area (Å²) < 4.78 is 16.7. The second-order valence-electron chi connectivity index (χ2n) is 8.00. The monoisotopic (exact) mass is 430 g/mol. The van der Waals surface area contributed by atoms with Crippen molar-refractivity contribution in [3.8, 4) is 0 Å². The van der Waals surface area contributed by atoms with Crippen LogP contribution >= 0.6 is 0 Å². The van der Waals surface area contributed by atoms with E-state index in [1.165, 1.54) is 19.3 Å². The Morgan fingerprint density at radius 2 is 1.33 bits per heavy atom. The summed E-state index contributed by atoms with van der Waals surface area (Å²) in [5.74, 6) is 0.129. The maximum Gasteiger partial charge on any atom is 0.220 e. The fraction of sp³-hybridized carbons (Fsp3) is 0.958. The van der Waals surface area contributed by atoms with Crippen LogP contribution < -0.4 is 10.6 Å². The van der Waals surface area contributed by atoms with Gasteiger partial charge in [-0.25, -0.2) is 0 Å². The van der Waals surface area contributed by atoms with E-state index < -0.39 is 0 Å². The molecule has 0 saturated carbocycles. The third-order valence-corrected chi connectivity index (χ3v) is 5.38. The molecule has 0 saturated heterocycles. The lowest BCUT2D eigenvalue weighted by atomic mass is 10.1. The molecular formula is C24H50N2O4. The topological polar surface area (TPSA) is 68.8 Å². The molecule has 2 N–H and O–H groups in total. The Morgan fingerprint density at radius 3 is 1.97 bits per heavy atom. The zero-order valence-electron chi connectivity index (χ0n) is 20.3. The van der Waals surface area contributed by atoms with Crippen molar-refractivity contribution >= 4 is 5.91 Å². The predicted molar refractivity (Wildman–Crippen MR) is 125 cm³/mol. The molecule has 0 fully saturated rings. The number of hydrogen-bond donors (Lipinski definition) is 2. The molecule has 0 spiro atoms. The molecule has 180 valence electrons. The van der Waals surface area contributed by atoms with E-state index in [0.717, 1.165) is 51.7 Å². The van der Waals surface area contributed by atoms with Crippen molar-refractivity contribution in [1.29, 1.82) is 0 Å². The number of ether oxygens (including phenoxy) is 3. The molecule has 0 heterocycles. The van der Waals surface area contributed by atoms with Gasteiger partial charge in [0, 0.05) is 32.2 Å². The molecule has 0 aromatic rings. The molecule has 6 nitrogen and oxygen atoms in total. The molecule has 0 aliphatic rings. The van der Waals surface area contributed by atoms with Crippen LogP contribution in [0.2, 0.25) is 0 Å². The smallest absolute Gasteiger partial charge is 0.220 e. The predicted octanol–water partition coefficient (Wildman–Crippen LogP) is 4.46. The van der Waals surface area contributed by atoms with Crippen molar-refractivity contribution in [2.75, 3.05) is 46.1 Å². The number of nitrogens with one attached hydrogen (secondary N) is 2. The Balaban J connectivity index is 3.24. The van der Waals surface area contributed by atoms with E-state index in [0.29, 0.717) is 51.5 Å². The van der Waals surface area contributed by atoms with Gasteiger partial charge in [-0.05, 0) is 39.0 Å². The summed E-state index contributed by atoms with van der Waals surface area (Å²) in [6, 6.07) is 0.591. The maximum absolute atomic E-state index is 11.8. The third kappa shape index (κ3) is 20.6. The van der Waals surface area contributed by atoms with Crippen molar-refractivity contribution in [3.63, 3.8) is 0 Å². The fourth-order valence-electron chi connectivity index (χ4n) is 3.08.